The predicted octanol–water partition coefficient (Wildman–Crippen LogP) is 2.56. The second-order valence-electron chi connectivity index (χ2n) is 8.21. The minimum atomic E-state index is -3.96. The Kier molecular flexibility index (Phi) is 7.06. The number of nitrogens with two attached hydrogens (primary N) is 1. The van der Waals surface area contributed by atoms with Gasteiger partial charge in [-0.15, -0.1) is 0 Å². The SMILES string of the molecule is C=C1C(COP(=O)(N[C@@H](C)C(=O)OC)Oc2ccccc2)CCC1n1cnc2c(=O)[nH]c(N)nc21. The van der Waals surface area contributed by atoms with E-state index in [1.807, 2.05) is 0 Å². The maximum absolute atomic E-state index is 13.6. The van der Waals surface area contributed by atoms with E-state index in [0.717, 1.165) is 5.57 Å². The van der Waals surface area contributed by atoms with E-state index in [1.165, 1.54) is 20.4 Å². The average molecular weight is 502 g/mol. The van der Waals surface area contributed by atoms with E-state index in [2.05, 4.69) is 26.6 Å². The summed E-state index contributed by atoms with van der Waals surface area (Å²) in [6, 6.07) is 7.40. The maximum Gasteiger partial charge on any atom is 0.459 e. The van der Waals surface area contributed by atoms with Crippen molar-refractivity contribution >= 4 is 30.8 Å². The maximum atomic E-state index is 13.6. The number of rotatable bonds is 9. The number of fused-ring (bicyclic) bond motifs is 1. The third-order valence-electron chi connectivity index (χ3n) is 5.85. The lowest BCUT2D eigenvalue weighted by atomic mass is 10.0. The van der Waals surface area contributed by atoms with E-state index in [-0.39, 0.29) is 30.0 Å². The molecule has 0 radical (unpaired) electrons. The van der Waals surface area contributed by atoms with Gasteiger partial charge in [-0.2, -0.15) is 10.1 Å². The molecule has 186 valence electrons. The zero-order chi connectivity index (χ0) is 25.2. The molecule has 4 atom stereocenters. The number of carbonyl (C=O) groups is 1. The molecule has 4 rings (SSSR count). The molecule has 2 aromatic heterocycles. The van der Waals surface area contributed by atoms with Crippen LogP contribution >= 0.6 is 7.75 Å². The molecule has 3 unspecified atom stereocenters. The van der Waals surface area contributed by atoms with Gasteiger partial charge in [-0.25, -0.2) is 9.55 Å². The number of aromatic amines is 1. The molecule has 0 saturated heterocycles. The number of nitrogens with one attached hydrogen (secondary N) is 2. The summed E-state index contributed by atoms with van der Waals surface area (Å²) < 4.78 is 31.5. The van der Waals surface area contributed by atoms with Crippen molar-refractivity contribution in [3.8, 4) is 5.75 Å². The molecule has 0 bridgehead atoms. The highest BCUT2D eigenvalue weighted by atomic mass is 31.2. The second kappa shape index (κ2) is 10.0. The fourth-order valence-corrected chi connectivity index (χ4v) is 5.58. The Hall–Kier alpha value is -3.47. The number of anilines is 1. The number of imidazole rings is 1. The van der Waals surface area contributed by atoms with Crippen LogP contribution in [0.1, 0.15) is 25.8 Å². The lowest BCUT2D eigenvalue weighted by molar-refractivity contribution is -0.142. The minimum absolute atomic E-state index is 0.00228. The lowest BCUT2D eigenvalue weighted by Gasteiger charge is -2.24. The molecule has 1 aromatic carbocycles. The van der Waals surface area contributed by atoms with E-state index < -0.39 is 25.3 Å². The molecule has 1 aliphatic carbocycles. The van der Waals surface area contributed by atoms with Gasteiger partial charge in [0, 0.05) is 5.92 Å². The molecule has 1 aliphatic rings. The molecule has 0 aliphatic heterocycles. The number of H-pyrrole nitrogens is 1. The van der Waals surface area contributed by atoms with Gasteiger partial charge in [0.25, 0.3) is 5.56 Å². The summed E-state index contributed by atoms with van der Waals surface area (Å²) in [6.07, 6.45) is 2.90. The first kappa shape index (κ1) is 24.6. The Balaban J connectivity index is 1.50. The summed E-state index contributed by atoms with van der Waals surface area (Å²) >= 11 is 0. The van der Waals surface area contributed by atoms with Crippen LogP contribution in [0.3, 0.4) is 0 Å². The predicted molar refractivity (Wildman–Crippen MR) is 129 cm³/mol. The van der Waals surface area contributed by atoms with Crippen LogP contribution in [0.25, 0.3) is 11.2 Å². The van der Waals surface area contributed by atoms with Gasteiger partial charge < -0.3 is 19.6 Å². The molecule has 4 N–H and O–H groups in total. The van der Waals surface area contributed by atoms with Crippen molar-refractivity contribution in [2.75, 3.05) is 19.5 Å². The van der Waals surface area contributed by atoms with E-state index in [9.17, 15) is 14.2 Å². The first-order valence-corrected chi connectivity index (χ1v) is 12.5. The molecule has 1 fully saturated rings. The Morgan fingerprint density at radius 1 is 1.37 bits per heavy atom. The van der Waals surface area contributed by atoms with Gasteiger partial charge in [-0.3, -0.25) is 19.1 Å². The van der Waals surface area contributed by atoms with Crippen LogP contribution in [0.4, 0.5) is 5.95 Å². The van der Waals surface area contributed by atoms with E-state index in [1.54, 1.807) is 34.9 Å². The number of carbonyl (C=O) groups excluding carboxylic acids is 1. The zero-order valence-corrected chi connectivity index (χ0v) is 20.2. The Bertz CT molecular complexity index is 1340. The normalized spacial score (nSPS) is 20.5. The zero-order valence-electron chi connectivity index (χ0n) is 19.3. The standard InChI is InChI=1S/C22H27N6O6P/c1-13-15(9-10-17(13)28-12-24-18-19(28)25-22(23)26-20(18)29)11-33-35(31,27-14(2)21(30)32-3)34-16-7-5-4-6-8-16/h4-8,12,14-15,17H,1,9-11H2,2-3H3,(H,27,31)(H3,23,25,26,29)/t14-,15?,17?,35?/m0/s1. The lowest BCUT2D eigenvalue weighted by Crippen LogP contribution is -2.34. The van der Waals surface area contributed by atoms with Crippen molar-refractivity contribution in [1.29, 1.82) is 0 Å². The quantitative estimate of drug-likeness (QED) is 0.225. The number of esters is 1. The van der Waals surface area contributed by atoms with Gasteiger partial charge in [0.1, 0.15) is 11.8 Å². The largest absolute Gasteiger partial charge is 0.468 e. The van der Waals surface area contributed by atoms with Crippen LogP contribution in [0, 0.1) is 5.92 Å². The first-order valence-electron chi connectivity index (χ1n) is 11.0. The third-order valence-corrected chi connectivity index (χ3v) is 7.49. The van der Waals surface area contributed by atoms with Gasteiger partial charge in [0.15, 0.2) is 11.2 Å². The van der Waals surface area contributed by atoms with Crippen molar-refractivity contribution < 1.29 is 23.1 Å². The van der Waals surface area contributed by atoms with E-state index in [0.29, 0.717) is 24.2 Å². The fraction of sp³-hybridized carbons (Fsp3) is 0.364. The smallest absolute Gasteiger partial charge is 0.459 e. The number of aromatic nitrogens is 4. The van der Waals surface area contributed by atoms with Crippen molar-refractivity contribution in [2.45, 2.75) is 31.8 Å². The Labute approximate surface area is 201 Å². The molecule has 0 amide bonds. The van der Waals surface area contributed by atoms with Gasteiger partial charge in [-0.05, 0) is 37.5 Å². The number of nitrogens with zero attached hydrogens (tertiary/aromatic N) is 3. The minimum Gasteiger partial charge on any atom is -0.468 e. The van der Waals surface area contributed by atoms with Gasteiger partial charge in [0.2, 0.25) is 5.95 Å². The van der Waals surface area contributed by atoms with E-state index >= 15 is 0 Å². The van der Waals surface area contributed by atoms with Crippen LogP contribution in [0.2, 0.25) is 0 Å². The summed E-state index contributed by atoms with van der Waals surface area (Å²) in [6.45, 7) is 5.75. The third kappa shape index (κ3) is 5.29. The molecule has 35 heavy (non-hydrogen) atoms. The Morgan fingerprint density at radius 2 is 2.11 bits per heavy atom. The van der Waals surface area contributed by atoms with Crippen molar-refractivity contribution in [3.63, 3.8) is 0 Å². The highest BCUT2D eigenvalue weighted by Crippen LogP contribution is 2.48. The van der Waals surface area contributed by atoms with Crippen molar-refractivity contribution in [3.05, 3.63) is 59.2 Å². The highest BCUT2D eigenvalue weighted by Gasteiger charge is 2.36. The first-order chi connectivity index (χ1) is 16.7. The van der Waals surface area contributed by atoms with Crippen molar-refractivity contribution in [2.24, 2.45) is 5.92 Å². The van der Waals surface area contributed by atoms with Gasteiger partial charge in [-0.1, -0.05) is 24.8 Å². The topological polar surface area (TPSA) is 163 Å². The summed E-state index contributed by atoms with van der Waals surface area (Å²) in [5, 5.41) is 2.64. The molecule has 3 aromatic rings. The molecule has 13 heteroatoms. The van der Waals surface area contributed by atoms with Crippen LogP contribution in [0.5, 0.6) is 5.75 Å². The van der Waals surface area contributed by atoms with Crippen LogP contribution in [-0.2, 0) is 18.6 Å². The number of hydrogen-bond donors (Lipinski definition) is 3. The number of benzene rings is 1. The van der Waals surface area contributed by atoms with E-state index in [4.69, 9.17) is 19.5 Å². The van der Waals surface area contributed by atoms with Gasteiger partial charge in [0.05, 0.1) is 26.1 Å². The van der Waals surface area contributed by atoms with Crippen LogP contribution < -0.4 is 20.9 Å². The molecule has 0 spiro atoms. The summed E-state index contributed by atoms with van der Waals surface area (Å²) in [5.74, 6) is -0.455. The average Bonchev–Trinajstić information content (AvgIpc) is 3.40. The highest BCUT2D eigenvalue weighted by molar-refractivity contribution is 7.52. The molecular weight excluding hydrogens is 475 g/mol. The number of para-hydroxylation sites is 1. The number of methoxy groups -OCH3 is 1. The number of nitrogen functional groups attached to an aromatic ring is 1. The number of ether oxygens (including phenoxy) is 1. The molecular formula is C22H27N6O6P. The molecule has 2 heterocycles. The van der Waals surface area contributed by atoms with Crippen LogP contribution in [-0.4, -0.2) is 45.2 Å². The van der Waals surface area contributed by atoms with Gasteiger partial charge >= 0.3 is 13.7 Å². The Morgan fingerprint density at radius 3 is 2.83 bits per heavy atom. The summed E-state index contributed by atoms with van der Waals surface area (Å²) in [4.78, 5) is 34.8. The summed E-state index contributed by atoms with van der Waals surface area (Å²) in [7, 11) is -2.72. The van der Waals surface area contributed by atoms with Crippen molar-refractivity contribution in [1.82, 2.24) is 24.6 Å². The fourth-order valence-electron chi connectivity index (χ4n) is 4.05. The molecule has 12 nitrogen and oxygen atoms in total. The monoisotopic (exact) mass is 502 g/mol. The molecule has 1 saturated carbocycles. The number of hydrogen-bond acceptors (Lipinski definition) is 9. The second-order valence-corrected chi connectivity index (χ2v) is 9.91. The van der Waals surface area contributed by atoms with Crippen LogP contribution in [0.15, 0.2) is 53.6 Å². The summed E-state index contributed by atoms with van der Waals surface area (Å²) in [5.41, 5.74) is 6.65.